The van der Waals surface area contributed by atoms with E-state index in [2.05, 4.69) is 27.5 Å². The highest BCUT2D eigenvalue weighted by atomic mass is 16.5. The number of ether oxygens (including phenoxy) is 1. The van der Waals surface area contributed by atoms with E-state index >= 15 is 0 Å². The molecule has 2 heterocycles. The molecule has 0 radical (unpaired) electrons. The highest BCUT2D eigenvalue weighted by Crippen LogP contribution is 2.13. The Bertz CT molecular complexity index is 339. The molecule has 0 amide bonds. The molecule has 1 aromatic heterocycles. The first kappa shape index (κ1) is 12.1. The van der Waals surface area contributed by atoms with E-state index in [-0.39, 0.29) is 0 Å². The third-order valence-corrected chi connectivity index (χ3v) is 2.76. The normalized spacial score (nSPS) is 16.8. The highest BCUT2D eigenvalue weighted by Gasteiger charge is 2.13. The summed E-state index contributed by atoms with van der Waals surface area (Å²) >= 11 is 0. The predicted octanol–water partition coefficient (Wildman–Crippen LogP) is 1.43. The second-order valence-corrected chi connectivity index (χ2v) is 4.26. The average Bonchev–Trinajstić information content (AvgIpc) is 2.38. The molecule has 0 atom stereocenters. The van der Waals surface area contributed by atoms with E-state index in [1.807, 2.05) is 0 Å². The van der Waals surface area contributed by atoms with Crippen LogP contribution in [0.2, 0.25) is 0 Å². The maximum Gasteiger partial charge on any atom is 0.234 e. The van der Waals surface area contributed by atoms with E-state index in [0.29, 0.717) is 18.5 Å². The Kier molecular flexibility index (Phi) is 4.55. The van der Waals surface area contributed by atoms with Crippen LogP contribution in [-0.2, 0) is 0 Å². The van der Waals surface area contributed by atoms with Crippen LogP contribution in [0.3, 0.4) is 0 Å². The summed E-state index contributed by atoms with van der Waals surface area (Å²) in [6.07, 6.45) is 6.64. The molecule has 0 saturated carbocycles. The lowest BCUT2D eigenvalue weighted by Gasteiger charge is -2.24. The van der Waals surface area contributed by atoms with Crippen LogP contribution in [0.25, 0.3) is 0 Å². The molecular formula is C12H20N4O. The largest absolute Gasteiger partial charge is 0.477 e. The Morgan fingerprint density at radius 2 is 2.24 bits per heavy atom. The SMILES string of the molecule is CCCOc1cncc(NC2CCNCC2)n1. The zero-order valence-electron chi connectivity index (χ0n) is 10.3. The van der Waals surface area contributed by atoms with Crippen molar-refractivity contribution in [2.45, 2.75) is 32.2 Å². The summed E-state index contributed by atoms with van der Waals surface area (Å²) in [6, 6.07) is 0.493. The molecule has 94 valence electrons. The van der Waals surface area contributed by atoms with Crippen molar-refractivity contribution >= 4 is 5.82 Å². The number of anilines is 1. The van der Waals surface area contributed by atoms with Crippen molar-refractivity contribution in [3.63, 3.8) is 0 Å². The number of rotatable bonds is 5. The van der Waals surface area contributed by atoms with E-state index in [1.165, 1.54) is 0 Å². The van der Waals surface area contributed by atoms with Crippen LogP contribution in [-0.4, -0.2) is 35.7 Å². The molecule has 5 nitrogen and oxygen atoms in total. The third kappa shape index (κ3) is 3.85. The van der Waals surface area contributed by atoms with Crippen molar-refractivity contribution in [3.8, 4) is 5.88 Å². The molecule has 1 aliphatic rings. The summed E-state index contributed by atoms with van der Waals surface area (Å²) in [4.78, 5) is 8.53. The number of piperidine rings is 1. The minimum Gasteiger partial charge on any atom is -0.477 e. The molecule has 1 aliphatic heterocycles. The van der Waals surface area contributed by atoms with Gasteiger partial charge in [0, 0.05) is 6.04 Å². The highest BCUT2D eigenvalue weighted by molar-refractivity contribution is 5.34. The van der Waals surface area contributed by atoms with Gasteiger partial charge in [0.25, 0.3) is 0 Å². The molecule has 5 heteroatoms. The van der Waals surface area contributed by atoms with E-state index < -0.39 is 0 Å². The maximum atomic E-state index is 5.46. The quantitative estimate of drug-likeness (QED) is 0.810. The molecule has 0 unspecified atom stereocenters. The Labute approximate surface area is 102 Å². The molecule has 0 aliphatic carbocycles. The van der Waals surface area contributed by atoms with Crippen molar-refractivity contribution in [1.82, 2.24) is 15.3 Å². The molecular weight excluding hydrogens is 216 g/mol. The number of hydrogen-bond donors (Lipinski definition) is 2. The van der Waals surface area contributed by atoms with Gasteiger partial charge in [-0.05, 0) is 32.4 Å². The molecule has 0 spiro atoms. The first-order valence-electron chi connectivity index (χ1n) is 6.30. The Morgan fingerprint density at radius 3 is 3.00 bits per heavy atom. The standard InChI is InChI=1S/C12H20N4O/c1-2-7-17-12-9-14-8-11(16-12)15-10-3-5-13-6-4-10/h8-10,13H,2-7H2,1H3,(H,15,16). The summed E-state index contributed by atoms with van der Waals surface area (Å²) in [6.45, 7) is 4.89. The van der Waals surface area contributed by atoms with Gasteiger partial charge in [0.2, 0.25) is 5.88 Å². The average molecular weight is 236 g/mol. The van der Waals surface area contributed by atoms with Gasteiger partial charge >= 0.3 is 0 Å². The van der Waals surface area contributed by atoms with Gasteiger partial charge in [0.05, 0.1) is 19.0 Å². The zero-order valence-corrected chi connectivity index (χ0v) is 10.3. The van der Waals surface area contributed by atoms with Crippen LogP contribution in [0, 0.1) is 0 Å². The van der Waals surface area contributed by atoms with Crippen molar-refractivity contribution < 1.29 is 4.74 Å². The van der Waals surface area contributed by atoms with E-state index in [1.54, 1.807) is 12.4 Å². The Balaban J connectivity index is 1.90. The monoisotopic (exact) mass is 236 g/mol. The van der Waals surface area contributed by atoms with Crippen LogP contribution in [0.4, 0.5) is 5.82 Å². The predicted molar refractivity (Wildman–Crippen MR) is 67.3 cm³/mol. The molecule has 2 rings (SSSR count). The number of nitrogens with zero attached hydrogens (tertiary/aromatic N) is 2. The molecule has 0 aromatic carbocycles. The van der Waals surface area contributed by atoms with Crippen molar-refractivity contribution in [2.24, 2.45) is 0 Å². The number of hydrogen-bond acceptors (Lipinski definition) is 5. The lowest BCUT2D eigenvalue weighted by atomic mass is 10.1. The van der Waals surface area contributed by atoms with Crippen LogP contribution in [0.15, 0.2) is 12.4 Å². The van der Waals surface area contributed by atoms with E-state index in [4.69, 9.17) is 4.74 Å². The first-order valence-corrected chi connectivity index (χ1v) is 6.30. The molecule has 17 heavy (non-hydrogen) atoms. The van der Waals surface area contributed by atoms with E-state index in [9.17, 15) is 0 Å². The van der Waals surface area contributed by atoms with Crippen molar-refractivity contribution in [2.75, 3.05) is 25.0 Å². The zero-order chi connectivity index (χ0) is 11.9. The molecule has 2 N–H and O–H groups in total. The minimum atomic E-state index is 0.493. The Hall–Kier alpha value is -1.36. The molecule has 1 aromatic rings. The van der Waals surface area contributed by atoms with Gasteiger partial charge in [-0.15, -0.1) is 0 Å². The van der Waals surface area contributed by atoms with Gasteiger partial charge in [-0.2, -0.15) is 4.98 Å². The second kappa shape index (κ2) is 6.39. The second-order valence-electron chi connectivity index (χ2n) is 4.26. The fraction of sp³-hybridized carbons (Fsp3) is 0.667. The molecule has 0 bridgehead atoms. The van der Waals surface area contributed by atoms with Crippen LogP contribution in [0.1, 0.15) is 26.2 Å². The topological polar surface area (TPSA) is 59.1 Å². The van der Waals surface area contributed by atoms with Crippen molar-refractivity contribution in [3.05, 3.63) is 12.4 Å². The number of aromatic nitrogens is 2. The van der Waals surface area contributed by atoms with Crippen molar-refractivity contribution in [1.29, 1.82) is 0 Å². The fourth-order valence-corrected chi connectivity index (χ4v) is 1.87. The van der Waals surface area contributed by atoms with Crippen LogP contribution >= 0.6 is 0 Å². The summed E-state index contributed by atoms with van der Waals surface area (Å²) in [5.41, 5.74) is 0. The van der Waals surface area contributed by atoms with Crippen LogP contribution in [0.5, 0.6) is 5.88 Å². The molecule has 1 fully saturated rings. The van der Waals surface area contributed by atoms with Gasteiger partial charge in [0.15, 0.2) is 0 Å². The molecule has 1 saturated heterocycles. The summed E-state index contributed by atoms with van der Waals surface area (Å²) in [5.74, 6) is 1.41. The summed E-state index contributed by atoms with van der Waals surface area (Å²) < 4.78 is 5.46. The summed E-state index contributed by atoms with van der Waals surface area (Å²) in [7, 11) is 0. The Morgan fingerprint density at radius 1 is 1.41 bits per heavy atom. The van der Waals surface area contributed by atoms with Gasteiger partial charge in [-0.3, -0.25) is 4.98 Å². The summed E-state index contributed by atoms with van der Waals surface area (Å²) in [5, 5.41) is 6.74. The maximum absolute atomic E-state index is 5.46. The van der Waals surface area contributed by atoms with Crippen LogP contribution < -0.4 is 15.4 Å². The fourth-order valence-electron chi connectivity index (χ4n) is 1.87. The van der Waals surface area contributed by atoms with Gasteiger partial charge in [0.1, 0.15) is 5.82 Å². The third-order valence-electron chi connectivity index (χ3n) is 2.76. The lowest BCUT2D eigenvalue weighted by molar-refractivity contribution is 0.304. The first-order chi connectivity index (χ1) is 8.38. The number of nitrogens with one attached hydrogen (secondary N) is 2. The van der Waals surface area contributed by atoms with Gasteiger partial charge in [-0.1, -0.05) is 6.92 Å². The smallest absolute Gasteiger partial charge is 0.234 e. The van der Waals surface area contributed by atoms with E-state index in [0.717, 1.165) is 38.2 Å². The lowest BCUT2D eigenvalue weighted by Crippen LogP contribution is -2.35. The van der Waals surface area contributed by atoms with Gasteiger partial charge in [-0.25, -0.2) is 0 Å². The minimum absolute atomic E-state index is 0.493. The van der Waals surface area contributed by atoms with Gasteiger partial charge < -0.3 is 15.4 Å².